The van der Waals surface area contributed by atoms with E-state index in [9.17, 15) is 0 Å². The maximum Gasteiger partial charge on any atom is 0.142 e. The van der Waals surface area contributed by atoms with E-state index in [-0.39, 0.29) is 12.4 Å². The molecule has 0 saturated heterocycles. The first-order valence-electron chi connectivity index (χ1n) is 7.48. The molecule has 0 radical (unpaired) electrons. The van der Waals surface area contributed by atoms with Crippen molar-refractivity contribution < 1.29 is 4.74 Å². The molecule has 0 unspecified atom stereocenters. The number of ether oxygens (including phenoxy) is 1. The fourth-order valence-corrected chi connectivity index (χ4v) is 2.47. The maximum absolute atomic E-state index is 5.37. The summed E-state index contributed by atoms with van der Waals surface area (Å²) in [5.74, 6) is 2.25. The molecule has 1 heterocycles. The second-order valence-corrected chi connectivity index (χ2v) is 5.38. The van der Waals surface area contributed by atoms with Crippen molar-refractivity contribution in [2.24, 2.45) is 0 Å². The molecule has 0 spiro atoms. The topological polar surface area (TPSA) is 47.0 Å². The summed E-state index contributed by atoms with van der Waals surface area (Å²) < 4.78 is 5.37. The molecular formula is C19H20ClN3O. The Morgan fingerprint density at radius 1 is 0.917 bits per heavy atom. The highest BCUT2D eigenvalue weighted by molar-refractivity contribution is 5.85. The van der Waals surface area contributed by atoms with Gasteiger partial charge in [-0.25, -0.2) is 9.97 Å². The highest BCUT2D eigenvalue weighted by Crippen LogP contribution is 2.28. The van der Waals surface area contributed by atoms with Crippen LogP contribution in [0, 0.1) is 13.8 Å². The van der Waals surface area contributed by atoms with Crippen molar-refractivity contribution in [2.75, 3.05) is 12.4 Å². The summed E-state index contributed by atoms with van der Waals surface area (Å²) in [4.78, 5) is 9.02. The number of benzene rings is 2. The van der Waals surface area contributed by atoms with Crippen LogP contribution in [0.1, 0.15) is 11.4 Å². The third-order valence-electron chi connectivity index (χ3n) is 3.52. The minimum atomic E-state index is 0. The van der Waals surface area contributed by atoms with Crippen LogP contribution in [0.2, 0.25) is 0 Å². The maximum atomic E-state index is 5.37. The minimum absolute atomic E-state index is 0. The number of methoxy groups -OCH3 is 1. The molecule has 1 aromatic heterocycles. The average molecular weight is 342 g/mol. The van der Waals surface area contributed by atoms with E-state index < -0.39 is 0 Å². The van der Waals surface area contributed by atoms with Crippen LogP contribution in [0.25, 0.3) is 11.3 Å². The Morgan fingerprint density at radius 3 is 2.46 bits per heavy atom. The van der Waals surface area contributed by atoms with Crippen LogP contribution in [0.5, 0.6) is 5.75 Å². The fraction of sp³-hybridized carbons (Fsp3) is 0.158. The van der Waals surface area contributed by atoms with E-state index in [0.717, 1.165) is 34.3 Å². The standard InChI is InChI=1S/C19H19N3O.ClH/c1-13-7-6-8-15(11-13)17-12-19(21-14(2)20-17)22-16-9-4-5-10-18(16)23-3;/h4-12H,1-3H3,(H,20,21,22);1H. The van der Waals surface area contributed by atoms with Crippen molar-refractivity contribution in [1.82, 2.24) is 9.97 Å². The molecule has 0 bridgehead atoms. The van der Waals surface area contributed by atoms with Crippen LogP contribution in [-0.2, 0) is 0 Å². The summed E-state index contributed by atoms with van der Waals surface area (Å²) in [5.41, 5.74) is 4.07. The Balaban J connectivity index is 0.00000208. The molecular weight excluding hydrogens is 322 g/mol. The smallest absolute Gasteiger partial charge is 0.142 e. The third-order valence-corrected chi connectivity index (χ3v) is 3.52. The summed E-state index contributed by atoms with van der Waals surface area (Å²) in [6.07, 6.45) is 0. The van der Waals surface area contributed by atoms with E-state index in [1.807, 2.05) is 43.3 Å². The quantitative estimate of drug-likeness (QED) is 0.730. The second-order valence-electron chi connectivity index (χ2n) is 5.38. The molecule has 3 rings (SSSR count). The van der Waals surface area contributed by atoms with Gasteiger partial charge < -0.3 is 10.1 Å². The van der Waals surface area contributed by atoms with E-state index in [0.29, 0.717) is 0 Å². The van der Waals surface area contributed by atoms with E-state index in [1.54, 1.807) is 7.11 Å². The first kappa shape index (κ1) is 17.8. The van der Waals surface area contributed by atoms with Crippen LogP contribution in [0.3, 0.4) is 0 Å². The first-order valence-corrected chi connectivity index (χ1v) is 7.48. The van der Waals surface area contributed by atoms with Crippen molar-refractivity contribution >= 4 is 23.9 Å². The van der Waals surface area contributed by atoms with E-state index in [1.165, 1.54) is 5.56 Å². The van der Waals surface area contributed by atoms with Gasteiger partial charge in [0.2, 0.25) is 0 Å². The van der Waals surface area contributed by atoms with Gasteiger partial charge in [0, 0.05) is 11.6 Å². The number of hydrogen-bond acceptors (Lipinski definition) is 4. The molecule has 0 aliphatic heterocycles. The molecule has 0 aliphatic rings. The summed E-state index contributed by atoms with van der Waals surface area (Å²) in [6.45, 7) is 3.97. The van der Waals surface area contributed by atoms with Gasteiger partial charge in [-0.1, -0.05) is 35.9 Å². The van der Waals surface area contributed by atoms with Crippen LogP contribution in [0.15, 0.2) is 54.6 Å². The molecule has 24 heavy (non-hydrogen) atoms. The largest absolute Gasteiger partial charge is 0.495 e. The lowest BCUT2D eigenvalue weighted by Crippen LogP contribution is -2.00. The summed E-state index contributed by atoms with van der Waals surface area (Å²) in [5, 5.41) is 3.31. The van der Waals surface area contributed by atoms with E-state index in [2.05, 4.69) is 40.4 Å². The molecule has 0 atom stereocenters. The van der Waals surface area contributed by atoms with Crippen LogP contribution in [0.4, 0.5) is 11.5 Å². The van der Waals surface area contributed by atoms with Gasteiger partial charge in [-0.15, -0.1) is 12.4 Å². The fourth-order valence-electron chi connectivity index (χ4n) is 2.47. The Bertz CT molecular complexity index is 836. The highest BCUT2D eigenvalue weighted by atomic mass is 35.5. The van der Waals surface area contributed by atoms with Gasteiger partial charge >= 0.3 is 0 Å². The molecule has 0 aliphatic carbocycles. The molecule has 2 aromatic carbocycles. The van der Waals surface area contributed by atoms with Crippen molar-refractivity contribution in [1.29, 1.82) is 0 Å². The lowest BCUT2D eigenvalue weighted by molar-refractivity contribution is 0.417. The third kappa shape index (κ3) is 4.03. The molecule has 124 valence electrons. The summed E-state index contributed by atoms with van der Waals surface area (Å²) >= 11 is 0. The Labute approximate surface area is 148 Å². The molecule has 5 heteroatoms. The van der Waals surface area contributed by atoms with E-state index in [4.69, 9.17) is 4.74 Å². The average Bonchev–Trinajstić information content (AvgIpc) is 2.55. The number of aryl methyl sites for hydroxylation is 2. The number of hydrogen-bond donors (Lipinski definition) is 1. The predicted molar refractivity (Wildman–Crippen MR) is 100 cm³/mol. The molecule has 1 N–H and O–H groups in total. The predicted octanol–water partition coefficient (Wildman–Crippen LogP) is 4.93. The van der Waals surface area contributed by atoms with Crippen LogP contribution >= 0.6 is 12.4 Å². The Hall–Kier alpha value is -2.59. The molecule has 4 nitrogen and oxygen atoms in total. The van der Waals surface area contributed by atoms with Crippen LogP contribution in [-0.4, -0.2) is 17.1 Å². The first-order chi connectivity index (χ1) is 11.2. The van der Waals surface area contributed by atoms with Gasteiger partial charge in [0.05, 0.1) is 18.5 Å². The Kier molecular flexibility index (Phi) is 5.77. The van der Waals surface area contributed by atoms with Crippen molar-refractivity contribution in [2.45, 2.75) is 13.8 Å². The lowest BCUT2D eigenvalue weighted by atomic mass is 10.1. The van der Waals surface area contributed by atoms with Crippen molar-refractivity contribution in [3.63, 3.8) is 0 Å². The van der Waals surface area contributed by atoms with Gasteiger partial charge in [0.25, 0.3) is 0 Å². The molecule has 0 fully saturated rings. The van der Waals surface area contributed by atoms with Gasteiger partial charge in [0.1, 0.15) is 17.4 Å². The number of nitrogens with zero attached hydrogens (tertiary/aromatic N) is 2. The molecule has 0 saturated carbocycles. The summed E-state index contributed by atoms with van der Waals surface area (Å²) in [6, 6.07) is 18.0. The van der Waals surface area contributed by atoms with Gasteiger partial charge in [-0.3, -0.25) is 0 Å². The number of para-hydroxylation sites is 2. The van der Waals surface area contributed by atoms with Gasteiger partial charge in [-0.2, -0.15) is 0 Å². The minimum Gasteiger partial charge on any atom is -0.495 e. The lowest BCUT2D eigenvalue weighted by Gasteiger charge is -2.12. The Morgan fingerprint density at radius 2 is 1.71 bits per heavy atom. The van der Waals surface area contributed by atoms with Crippen molar-refractivity contribution in [3.05, 3.63) is 66.0 Å². The zero-order valence-corrected chi connectivity index (χ0v) is 14.7. The van der Waals surface area contributed by atoms with E-state index >= 15 is 0 Å². The monoisotopic (exact) mass is 341 g/mol. The number of aromatic nitrogens is 2. The van der Waals surface area contributed by atoms with Gasteiger partial charge in [-0.05, 0) is 32.0 Å². The highest BCUT2D eigenvalue weighted by Gasteiger charge is 2.07. The molecule has 3 aromatic rings. The second kappa shape index (κ2) is 7.79. The number of halogens is 1. The number of nitrogens with one attached hydrogen (secondary N) is 1. The van der Waals surface area contributed by atoms with Gasteiger partial charge in [0.15, 0.2) is 0 Å². The summed E-state index contributed by atoms with van der Waals surface area (Å²) in [7, 11) is 1.66. The number of rotatable bonds is 4. The zero-order valence-electron chi connectivity index (χ0n) is 13.9. The number of anilines is 2. The zero-order chi connectivity index (χ0) is 16.2. The van der Waals surface area contributed by atoms with Crippen LogP contribution < -0.4 is 10.1 Å². The molecule has 0 amide bonds. The SMILES string of the molecule is COc1ccccc1Nc1cc(-c2cccc(C)c2)nc(C)n1.Cl. The normalized spacial score (nSPS) is 9.96. The van der Waals surface area contributed by atoms with Crippen molar-refractivity contribution in [3.8, 4) is 17.0 Å².